The van der Waals surface area contributed by atoms with Crippen molar-refractivity contribution in [3.05, 3.63) is 70.3 Å². The lowest BCUT2D eigenvalue weighted by Gasteiger charge is -2.07. The molecule has 1 heteroatoms. The molecule has 1 N–H and O–H groups in total. The van der Waals surface area contributed by atoms with Gasteiger partial charge in [-0.1, -0.05) is 42.5 Å². The van der Waals surface area contributed by atoms with Crippen LogP contribution in [0.3, 0.4) is 0 Å². The van der Waals surface area contributed by atoms with Gasteiger partial charge < -0.3 is 5.11 Å². The molecule has 17 heavy (non-hydrogen) atoms. The molecule has 3 rings (SSSR count). The number of aryl methyl sites for hydroxylation is 2. The van der Waals surface area contributed by atoms with Gasteiger partial charge in [0.2, 0.25) is 0 Å². The number of hydrogen-bond acceptors (Lipinski definition) is 1. The molecule has 1 aliphatic carbocycles. The van der Waals surface area contributed by atoms with E-state index < -0.39 is 0 Å². The van der Waals surface area contributed by atoms with Crippen molar-refractivity contribution >= 4 is 0 Å². The maximum absolute atomic E-state index is 9.18. The van der Waals surface area contributed by atoms with Crippen molar-refractivity contribution in [2.75, 3.05) is 0 Å². The predicted octanol–water partition coefficient (Wildman–Crippen LogP) is 2.87. The van der Waals surface area contributed by atoms with Crippen LogP contribution in [0.5, 0.6) is 0 Å². The highest BCUT2D eigenvalue weighted by Gasteiger charge is 2.12. The summed E-state index contributed by atoms with van der Waals surface area (Å²) < 4.78 is 0. The summed E-state index contributed by atoms with van der Waals surface area (Å²) >= 11 is 0. The third-order valence-electron chi connectivity index (χ3n) is 3.62. The van der Waals surface area contributed by atoms with E-state index in [-0.39, 0.29) is 6.61 Å². The minimum atomic E-state index is 0.139. The van der Waals surface area contributed by atoms with E-state index in [4.69, 9.17) is 0 Å². The van der Waals surface area contributed by atoms with E-state index in [9.17, 15) is 5.11 Å². The molecule has 2 aromatic rings. The van der Waals surface area contributed by atoms with Crippen LogP contribution in [0.2, 0.25) is 0 Å². The fraction of sp³-hybridized carbons (Fsp3) is 0.250. The highest BCUT2D eigenvalue weighted by molar-refractivity contribution is 5.41. The molecule has 0 bridgehead atoms. The molecule has 0 amide bonds. The van der Waals surface area contributed by atoms with Crippen LogP contribution in [0.15, 0.2) is 42.5 Å². The number of aliphatic hydroxyl groups excluding tert-OH is 1. The van der Waals surface area contributed by atoms with Gasteiger partial charge in [-0.25, -0.2) is 0 Å². The third-order valence-corrected chi connectivity index (χ3v) is 3.62. The number of benzene rings is 2. The van der Waals surface area contributed by atoms with Gasteiger partial charge in [0, 0.05) is 0 Å². The molecule has 0 spiro atoms. The highest BCUT2D eigenvalue weighted by atomic mass is 16.3. The van der Waals surface area contributed by atoms with E-state index >= 15 is 0 Å². The molecule has 0 saturated heterocycles. The van der Waals surface area contributed by atoms with Gasteiger partial charge in [0.25, 0.3) is 0 Å². The Hall–Kier alpha value is -1.60. The van der Waals surface area contributed by atoms with Crippen LogP contribution in [0.25, 0.3) is 0 Å². The summed E-state index contributed by atoms with van der Waals surface area (Å²) in [4.78, 5) is 0. The van der Waals surface area contributed by atoms with Gasteiger partial charge in [-0.3, -0.25) is 0 Å². The summed E-state index contributed by atoms with van der Waals surface area (Å²) in [5.41, 5.74) is 6.74. The van der Waals surface area contributed by atoms with Crippen molar-refractivity contribution in [1.29, 1.82) is 0 Å². The maximum atomic E-state index is 9.18. The van der Waals surface area contributed by atoms with Crippen molar-refractivity contribution < 1.29 is 5.11 Å². The number of aliphatic hydroxyl groups is 1. The molecule has 0 aromatic heterocycles. The molecule has 0 aliphatic heterocycles. The smallest absolute Gasteiger partial charge is 0.0681 e. The molecule has 0 saturated carbocycles. The lowest BCUT2D eigenvalue weighted by molar-refractivity contribution is 0.281. The van der Waals surface area contributed by atoms with Gasteiger partial charge >= 0.3 is 0 Å². The first-order chi connectivity index (χ1) is 8.36. The highest BCUT2D eigenvalue weighted by Crippen LogP contribution is 2.25. The van der Waals surface area contributed by atoms with Gasteiger partial charge in [0.05, 0.1) is 6.61 Å². The van der Waals surface area contributed by atoms with Crippen molar-refractivity contribution in [2.24, 2.45) is 0 Å². The number of hydrogen-bond donors (Lipinski definition) is 1. The number of rotatable bonds is 1. The first-order valence-electron chi connectivity index (χ1n) is 6.15. The largest absolute Gasteiger partial charge is 0.392 e. The Morgan fingerprint density at radius 1 is 0.824 bits per heavy atom. The van der Waals surface area contributed by atoms with E-state index in [1.807, 2.05) is 6.07 Å². The fourth-order valence-electron chi connectivity index (χ4n) is 2.63. The molecule has 0 heterocycles. The van der Waals surface area contributed by atoms with Crippen LogP contribution in [0, 0.1) is 0 Å². The molecule has 2 aromatic carbocycles. The van der Waals surface area contributed by atoms with E-state index in [1.54, 1.807) is 0 Å². The zero-order valence-electron chi connectivity index (χ0n) is 9.82. The minimum Gasteiger partial charge on any atom is -0.392 e. The molecule has 1 aliphatic rings. The molecule has 0 atom stereocenters. The number of fused-ring (bicyclic) bond motifs is 2. The summed E-state index contributed by atoms with van der Waals surface area (Å²) in [5, 5.41) is 9.18. The Balaban J connectivity index is 2.03. The van der Waals surface area contributed by atoms with E-state index in [1.165, 1.54) is 22.3 Å². The van der Waals surface area contributed by atoms with Gasteiger partial charge in [-0.2, -0.15) is 0 Å². The van der Waals surface area contributed by atoms with Crippen molar-refractivity contribution in [3.8, 4) is 0 Å². The van der Waals surface area contributed by atoms with Gasteiger partial charge in [0.1, 0.15) is 0 Å². The monoisotopic (exact) mass is 224 g/mol. The third kappa shape index (κ3) is 1.98. The molecule has 0 fully saturated rings. The lowest BCUT2D eigenvalue weighted by atomic mass is 9.99. The Morgan fingerprint density at radius 2 is 1.53 bits per heavy atom. The summed E-state index contributed by atoms with van der Waals surface area (Å²) in [6, 6.07) is 15.1. The second-order valence-electron chi connectivity index (χ2n) is 4.71. The van der Waals surface area contributed by atoms with Crippen LogP contribution in [0.4, 0.5) is 0 Å². The quantitative estimate of drug-likeness (QED) is 0.789. The zero-order chi connectivity index (χ0) is 11.7. The van der Waals surface area contributed by atoms with E-state index in [0.717, 1.165) is 24.8 Å². The molecule has 0 unspecified atom stereocenters. The first-order valence-corrected chi connectivity index (χ1v) is 6.15. The lowest BCUT2D eigenvalue weighted by Crippen LogP contribution is -1.95. The van der Waals surface area contributed by atoms with Crippen LogP contribution >= 0.6 is 0 Å². The standard InChI is InChI=1S/C16H16O/c17-11-12-5-6-16-10-14-4-2-1-3-13(14)7-8-15(16)9-12/h1-6,9,17H,7-8,10-11H2. The normalized spacial score (nSPS) is 13.7. The van der Waals surface area contributed by atoms with Crippen molar-refractivity contribution in [1.82, 2.24) is 0 Å². The average Bonchev–Trinajstić information content (AvgIpc) is 2.57. The molecule has 0 radical (unpaired) electrons. The summed E-state index contributed by atoms with van der Waals surface area (Å²) in [6.45, 7) is 0.139. The molecule has 1 nitrogen and oxygen atoms in total. The van der Waals surface area contributed by atoms with E-state index in [2.05, 4.69) is 36.4 Å². The Kier molecular flexibility index (Phi) is 2.69. The van der Waals surface area contributed by atoms with Crippen molar-refractivity contribution in [2.45, 2.75) is 25.9 Å². The van der Waals surface area contributed by atoms with Gasteiger partial charge in [-0.05, 0) is 47.1 Å². The first kappa shape index (κ1) is 10.5. The summed E-state index contributed by atoms with van der Waals surface area (Å²) in [7, 11) is 0. The second-order valence-corrected chi connectivity index (χ2v) is 4.71. The second kappa shape index (κ2) is 4.34. The van der Waals surface area contributed by atoms with Crippen LogP contribution < -0.4 is 0 Å². The SMILES string of the molecule is OCc1ccc2c(c1)CCc1ccccc1C2. The van der Waals surface area contributed by atoms with E-state index in [0.29, 0.717) is 0 Å². The molecule has 86 valence electrons. The fourth-order valence-corrected chi connectivity index (χ4v) is 2.63. The Morgan fingerprint density at radius 3 is 2.35 bits per heavy atom. The zero-order valence-corrected chi connectivity index (χ0v) is 9.82. The maximum Gasteiger partial charge on any atom is 0.0681 e. The topological polar surface area (TPSA) is 20.2 Å². The predicted molar refractivity (Wildman–Crippen MR) is 69.0 cm³/mol. The van der Waals surface area contributed by atoms with Gasteiger partial charge in [-0.15, -0.1) is 0 Å². The average molecular weight is 224 g/mol. The van der Waals surface area contributed by atoms with Gasteiger partial charge in [0.15, 0.2) is 0 Å². The van der Waals surface area contributed by atoms with Crippen LogP contribution in [-0.2, 0) is 25.9 Å². The Bertz CT molecular complexity index is 543. The molecular formula is C16H16O. The molecular weight excluding hydrogens is 208 g/mol. The van der Waals surface area contributed by atoms with Crippen molar-refractivity contribution in [3.63, 3.8) is 0 Å². The van der Waals surface area contributed by atoms with Crippen LogP contribution in [0.1, 0.15) is 27.8 Å². The van der Waals surface area contributed by atoms with Crippen LogP contribution in [-0.4, -0.2) is 5.11 Å². The Labute approximate surface area is 102 Å². The summed E-state index contributed by atoms with van der Waals surface area (Å²) in [5.74, 6) is 0. The summed E-state index contributed by atoms with van der Waals surface area (Å²) in [6.07, 6.45) is 3.22. The minimum absolute atomic E-state index is 0.139.